The second-order valence-corrected chi connectivity index (χ2v) is 6.96. The first-order chi connectivity index (χ1) is 12.7. The van der Waals surface area contributed by atoms with Gasteiger partial charge in [0.15, 0.2) is 5.69 Å². The van der Waals surface area contributed by atoms with Crippen LogP contribution in [0.2, 0.25) is 0 Å². The molecule has 142 valence electrons. The van der Waals surface area contributed by atoms with Crippen LogP contribution < -0.4 is 5.56 Å². The van der Waals surface area contributed by atoms with Crippen molar-refractivity contribution in [3.63, 3.8) is 0 Å². The third kappa shape index (κ3) is 4.68. The molecule has 0 aliphatic heterocycles. The molecule has 0 aliphatic rings. The van der Waals surface area contributed by atoms with Gasteiger partial charge in [0.25, 0.3) is 15.7 Å². The van der Waals surface area contributed by atoms with Gasteiger partial charge >= 0.3 is 0 Å². The van der Waals surface area contributed by atoms with Crippen LogP contribution in [-0.2, 0) is 19.5 Å². The van der Waals surface area contributed by atoms with Gasteiger partial charge in [-0.2, -0.15) is 13.7 Å². The fourth-order valence-electron chi connectivity index (χ4n) is 1.96. The van der Waals surface area contributed by atoms with Gasteiger partial charge < -0.3 is 5.11 Å². The maximum atomic E-state index is 11.9. The lowest BCUT2D eigenvalue weighted by Crippen LogP contribution is -2.08. The van der Waals surface area contributed by atoms with Crippen molar-refractivity contribution in [2.45, 2.75) is 16.7 Å². The highest BCUT2D eigenvalue weighted by atomic mass is 32.2. The maximum absolute atomic E-state index is 11.9. The zero-order valence-corrected chi connectivity index (χ0v) is 14.9. The molecule has 2 rings (SSSR count). The quantitative estimate of drug-likeness (QED) is 0.179. The minimum atomic E-state index is -4.68. The second kappa shape index (κ2) is 8.26. The van der Waals surface area contributed by atoms with Gasteiger partial charge in [-0.3, -0.25) is 14.3 Å². The highest BCUT2D eigenvalue weighted by Gasteiger charge is 2.18. The molecular formula is C13H10N4O8S2. The largest absolute Gasteiger partial charge is 0.494 e. The van der Waals surface area contributed by atoms with Crippen molar-refractivity contribution in [2.24, 2.45) is 10.2 Å². The second-order valence-electron chi connectivity index (χ2n) is 4.79. The van der Waals surface area contributed by atoms with Crippen LogP contribution in [0.3, 0.4) is 0 Å². The van der Waals surface area contributed by atoms with Crippen LogP contribution in [-0.4, -0.2) is 28.3 Å². The molecule has 1 heterocycles. The Morgan fingerprint density at radius 3 is 2.63 bits per heavy atom. The zero-order valence-electron chi connectivity index (χ0n) is 13.3. The Morgan fingerprint density at radius 1 is 1.33 bits per heavy atom. The van der Waals surface area contributed by atoms with E-state index in [9.17, 15) is 22.9 Å². The Labute approximate surface area is 155 Å². The first-order valence-electron chi connectivity index (χ1n) is 6.73. The first-order valence-corrected chi connectivity index (χ1v) is 8.91. The molecule has 2 aromatic rings. The van der Waals surface area contributed by atoms with E-state index in [1.54, 1.807) is 6.07 Å². The monoisotopic (exact) mass is 414 g/mol. The van der Waals surface area contributed by atoms with Gasteiger partial charge in [-0.1, -0.05) is 5.04 Å². The van der Waals surface area contributed by atoms with Crippen LogP contribution in [0.25, 0.3) is 0 Å². The number of benzene rings is 1. The summed E-state index contributed by atoms with van der Waals surface area (Å²) >= 11 is 0.496. The summed E-state index contributed by atoms with van der Waals surface area (Å²) in [6, 6.07) is 5.01. The Kier molecular flexibility index (Phi) is 6.28. The Morgan fingerprint density at radius 2 is 2.04 bits per heavy atom. The number of aromatic hydroxyl groups is 1. The summed E-state index contributed by atoms with van der Waals surface area (Å²) in [7, 11) is -4.68. The molecule has 0 unspecified atom stereocenters. The lowest BCUT2D eigenvalue weighted by atomic mass is 10.1. The number of hydrogen-bond donors (Lipinski definition) is 4. The van der Waals surface area contributed by atoms with Crippen molar-refractivity contribution in [1.29, 1.82) is 5.26 Å². The molecule has 0 amide bonds. The lowest BCUT2D eigenvalue weighted by Gasteiger charge is -2.05. The number of aromatic amines is 1. The number of H-pyrrole nitrogens is 1. The van der Waals surface area contributed by atoms with Gasteiger partial charge in [0, 0.05) is 10.5 Å². The summed E-state index contributed by atoms with van der Waals surface area (Å²) in [4.78, 5) is 13.5. The number of azo groups is 1. The van der Waals surface area contributed by atoms with Crippen LogP contribution >= 0.6 is 12.0 Å². The van der Waals surface area contributed by atoms with Crippen molar-refractivity contribution in [2.75, 3.05) is 0 Å². The Hall–Kier alpha value is -2.80. The summed E-state index contributed by atoms with van der Waals surface area (Å²) in [5.41, 5.74) is -1.81. The van der Waals surface area contributed by atoms with E-state index in [2.05, 4.69) is 19.6 Å². The summed E-state index contributed by atoms with van der Waals surface area (Å²) in [5.74, 6) is -0.642. The molecule has 0 bridgehead atoms. The first kappa shape index (κ1) is 20.5. The molecular weight excluding hydrogens is 404 g/mol. The number of nitriles is 1. The van der Waals surface area contributed by atoms with E-state index in [0.29, 0.717) is 12.0 Å². The normalized spacial score (nSPS) is 11.6. The molecule has 1 aromatic carbocycles. The van der Waals surface area contributed by atoms with E-state index >= 15 is 0 Å². The molecule has 14 heteroatoms. The number of rotatable bonds is 6. The Bertz CT molecular complexity index is 1100. The fraction of sp³-hybridized carbons (Fsp3) is 0.0769. The van der Waals surface area contributed by atoms with Crippen molar-refractivity contribution in [3.05, 3.63) is 39.7 Å². The van der Waals surface area contributed by atoms with Crippen molar-refractivity contribution >= 4 is 33.5 Å². The summed E-state index contributed by atoms with van der Waals surface area (Å²) in [6.45, 7) is 1.34. The van der Waals surface area contributed by atoms with Crippen molar-refractivity contribution < 1.29 is 32.7 Å². The van der Waals surface area contributed by atoms with Crippen LogP contribution in [0.5, 0.6) is 5.88 Å². The number of aromatic nitrogens is 1. The van der Waals surface area contributed by atoms with Crippen molar-refractivity contribution in [3.8, 4) is 11.9 Å². The molecule has 4 N–H and O–H groups in total. The predicted octanol–water partition coefficient (Wildman–Crippen LogP) is 2.35. The van der Waals surface area contributed by atoms with Gasteiger partial charge in [-0.15, -0.1) is 14.6 Å². The SMILES string of the molecule is Cc1c(C#N)c(O)[nH]c(=O)c1N=Nc1cc(SOOO)ccc1S(=O)(=O)O. The van der Waals surface area contributed by atoms with E-state index in [4.69, 9.17) is 10.5 Å². The van der Waals surface area contributed by atoms with E-state index in [1.807, 2.05) is 4.98 Å². The van der Waals surface area contributed by atoms with Gasteiger partial charge in [-0.05, 0) is 25.1 Å². The topological polar surface area (TPSA) is 195 Å². The molecule has 0 atom stereocenters. The van der Waals surface area contributed by atoms with Gasteiger partial charge in [0.1, 0.15) is 22.2 Å². The zero-order chi connectivity index (χ0) is 20.2. The van der Waals surface area contributed by atoms with E-state index in [-0.39, 0.29) is 27.4 Å². The highest BCUT2D eigenvalue weighted by Crippen LogP contribution is 2.32. The number of nitrogens with zero attached hydrogens (tertiary/aromatic N) is 3. The predicted molar refractivity (Wildman–Crippen MR) is 89.3 cm³/mol. The van der Waals surface area contributed by atoms with Crippen LogP contribution in [0.1, 0.15) is 11.1 Å². The molecule has 0 saturated carbocycles. The summed E-state index contributed by atoms with van der Waals surface area (Å²) in [6.07, 6.45) is 0. The summed E-state index contributed by atoms with van der Waals surface area (Å²) < 4.78 is 36.5. The van der Waals surface area contributed by atoms with Gasteiger partial charge in [0.2, 0.25) is 5.88 Å². The van der Waals surface area contributed by atoms with Crippen LogP contribution in [0.15, 0.2) is 43.0 Å². The molecule has 0 spiro atoms. The van der Waals surface area contributed by atoms with E-state index in [0.717, 1.165) is 12.1 Å². The number of nitrogens with one attached hydrogen (secondary N) is 1. The molecule has 0 aliphatic carbocycles. The minimum absolute atomic E-state index is 0.0125. The molecule has 12 nitrogen and oxygen atoms in total. The van der Waals surface area contributed by atoms with E-state index < -0.39 is 26.5 Å². The fourth-order valence-corrected chi connectivity index (χ4v) is 2.95. The maximum Gasteiger partial charge on any atom is 0.296 e. The molecule has 0 saturated heterocycles. The smallest absolute Gasteiger partial charge is 0.296 e. The lowest BCUT2D eigenvalue weighted by molar-refractivity contribution is -0.432. The van der Waals surface area contributed by atoms with Crippen LogP contribution in [0.4, 0.5) is 11.4 Å². The Balaban J connectivity index is 2.59. The van der Waals surface area contributed by atoms with Gasteiger partial charge in [-0.25, -0.2) is 5.26 Å². The number of pyridine rings is 1. The average Bonchev–Trinajstić information content (AvgIpc) is 2.59. The standard InChI is InChI=1S/C13H10N4O8S2/c1-6-8(5-14)12(18)15-13(19)11(6)17-16-9-4-7(26-25-24-20)2-3-10(9)27(21,22)23/h2-4,20H,1H3,(H2,15,18,19)(H,21,22,23). The highest BCUT2D eigenvalue weighted by molar-refractivity contribution is 7.94. The summed E-state index contributed by atoms with van der Waals surface area (Å²) in [5, 5.41) is 37.4. The van der Waals surface area contributed by atoms with E-state index in [1.165, 1.54) is 13.0 Å². The average molecular weight is 414 g/mol. The third-order valence-corrected chi connectivity index (χ3v) is 4.63. The van der Waals surface area contributed by atoms with Crippen molar-refractivity contribution in [1.82, 2.24) is 4.98 Å². The van der Waals surface area contributed by atoms with Crippen LogP contribution in [0, 0.1) is 18.3 Å². The third-order valence-electron chi connectivity index (χ3n) is 3.15. The minimum Gasteiger partial charge on any atom is -0.494 e. The number of hydrogen-bond acceptors (Lipinski definition) is 11. The van der Waals surface area contributed by atoms with Gasteiger partial charge in [0.05, 0.1) is 12.0 Å². The molecule has 27 heavy (non-hydrogen) atoms. The molecule has 1 aromatic heterocycles. The molecule has 0 radical (unpaired) electrons. The molecule has 0 fully saturated rings.